The zero-order valence-corrected chi connectivity index (χ0v) is 27.2. The third-order valence-electron chi connectivity index (χ3n) is 10.8. The Balaban J connectivity index is 0.938. The number of rotatable bonds is 7. The van der Waals surface area contributed by atoms with Crippen molar-refractivity contribution in [1.82, 2.24) is 14.7 Å². The van der Waals surface area contributed by atoms with Gasteiger partial charge in [-0.2, -0.15) is 0 Å². The summed E-state index contributed by atoms with van der Waals surface area (Å²) in [5, 5.41) is 0. The van der Waals surface area contributed by atoms with Crippen LogP contribution in [0.3, 0.4) is 0 Å². The zero-order valence-electron chi connectivity index (χ0n) is 26.4. The molecule has 4 aliphatic rings. The van der Waals surface area contributed by atoms with E-state index in [1.165, 1.54) is 11.6 Å². The van der Waals surface area contributed by atoms with Gasteiger partial charge in [-0.1, -0.05) is 42.5 Å². The third-order valence-corrected chi connectivity index (χ3v) is 12.5. The molecule has 0 spiro atoms. The Morgan fingerprint density at radius 1 is 0.889 bits per heavy atom. The lowest BCUT2D eigenvalue weighted by Crippen LogP contribution is -2.62. The molecule has 2 saturated heterocycles. The van der Waals surface area contributed by atoms with Crippen LogP contribution in [0.5, 0.6) is 11.5 Å². The summed E-state index contributed by atoms with van der Waals surface area (Å²) in [6.07, 6.45) is 2.98. The second-order valence-electron chi connectivity index (χ2n) is 13.5. The standard InChI is InChI=1S/C36H43N3O5S/c1-25-23-38(36(3)15-17-37(18-16-36)35(40)32-22-31(32)28-7-5-4-6-8-28)19-20-39(25)26(2)27-9-11-29(12-10-27)45(41,42)30-13-14-33-34(21-30)44-24-43-33/h4-14,21,25-26,31-32H,15-20,22-24H2,1-3H3/t25-,26+,31?,32?/m1/s1. The quantitative estimate of drug-likeness (QED) is 0.342. The fraction of sp³-hybridized carbons (Fsp3) is 0.472. The monoisotopic (exact) mass is 629 g/mol. The number of piperazine rings is 1. The minimum absolute atomic E-state index is 0.0908. The predicted octanol–water partition coefficient (Wildman–Crippen LogP) is 5.50. The Kier molecular flexibility index (Phi) is 7.90. The Hall–Kier alpha value is -3.40. The van der Waals surface area contributed by atoms with E-state index < -0.39 is 9.84 Å². The van der Waals surface area contributed by atoms with Gasteiger partial charge in [0.1, 0.15) is 0 Å². The van der Waals surface area contributed by atoms with Crippen LogP contribution in [0.1, 0.15) is 63.1 Å². The van der Waals surface area contributed by atoms with Crippen molar-refractivity contribution in [2.24, 2.45) is 5.92 Å². The van der Waals surface area contributed by atoms with Crippen LogP contribution in [0, 0.1) is 5.92 Å². The fourth-order valence-corrected chi connectivity index (χ4v) is 8.91. The molecule has 1 amide bonds. The molecule has 0 radical (unpaired) electrons. The molecule has 3 aromatic rings. The largest absolute Gasteiger partial charge is 0.454 e. The van der Waals surface area contributed by atoms with Gasteiger partial charge >= 0.3 is 0 Å². The summed E-state index contributed by atoms with van der Waals surface area (Å²) in [5.41, 5.74) is 2.49. The molecule has 8 nitrogen and oxygen atoms in total. The molecule has 4 atom stereocenters. The van der Waals surface area contributed by atoms with Gasteiger partial charge in [-0.25, -0.2) is 8.42 Å². The highest BCUT2D eigenvalue weighted by molar-refractivity contribution is 7.91. The number of amides is 1. The number of carbonyl (C=O) groups is 1. The van der Waals surface area contributed by atoms with Crippen molar-refractivity contribution >= 4 is 15.7 Å². The number of likely N-dealkylation sites (tertiary alicyclic amines) is 1. The van der Waals surface area contributed by atoms with Gasteiger partial charge in [0.25, 0.3) is 0 Å². The normalized spacial score (nSPS) is 25.6. The van der Waals surface area contributed by atoms with Crippen LogP contribution in [0.25, 0.3) is 0 Å². The number of nitrogens with zero attached hydrogens (tertiary/aromatic N) is 3. The summed E-state index contributed by atoms with van der Waals surface area (Å²) in [4.78, 5) is 21.0. The molecule has 0 bridgehead atoms. The number of hydrogen-bond donors (Lipinski definition) is 0. The van der Waals surface area contributed by atoms with Crippen LogP contribution in [-0.2, 0) is 14.6 Å². The van der Waals surface area contributed by atoms with Gasteiger partial charge in [-0.05, 0) is 81.3 Å². The first-order chi connectivity index (χ1) is 21.6. The van der Waals surface area contributed by atoms with Gasteiger partial charge in [0.2, 0.25) is 22.5 Å². The number of ether oxygens (including phenoxy) is 2. The molecule has 7 rings (SSSR count). The number of benzene rings is 3. The molecule has 45 heavy (non-hydrogen) atoms. The van der Waals surface area contributed by atoms with E-state index in [0.717, 1.165) is 57.5 Å². The summed E-state index contributed by atoms with van der Waals surface area (Å²) in [7, 11) is -3.67. The van der Waals surface area contributed by atoms with Crippen molar-refractivity contribution in [3.05, 3.63) is 83.9 Å². The van der Waals surface area contributed by atoms with Gasteiger partial charge in [0.05, 0.1) is 9.79 Å². The summed E-state index contributed by atoms with van der Waals surface area (Å²) in [6, 6.07) is 23.0. The molecule has 238 valence electrons. The molecule has 3 fully saturated rings. The highest BCUT2D eigenvalue weighted by Crippen LogP contribution is 2.49. The maximum atomic E-state index is 13.3. The van der Waals surface area contributed by atoms with Crippen LogP contribution >= 0.6 is 0 Å². The maximum Gasteiger partial charge on any atom is 0.231 e. The van der Waals surface area contributed by atoms with Gasteiger partial charge in [0.15, 0.2) is 11.5 Å². The first-order valence-electron chi connectivity index (χ1n) is 16.2. The number of piperidine rings is 1. The Morgan fingerprint density at radius 2 is 1.58 bits per heavy atom. The third kappa shape index (κ3) is 5.75. The molecule has 3 heterocycles. The predicted molar refractivity (Wildman–Crippen MR) is 172 cm³/mol. The molecular formula is C36H43N3O5S. The number of fused-ring (bicyclic) bond motifs is 1. The van der Waals surface area contributed by atoms with Gasteiger partial charge in [0, 0.05) is 62.3 Å². The average Bonchev–Trinajstić information content (AvgIpc) is 3.73. The molecule has 3 aromatic carbocycles. The molecule has 1 aliphatic carbocycles. The van der Waals surface area contributed by atoms with E-state index in [-0.39, 0.29) is 34.1 Å². The first-order valence-corrected chi connectivity index (χ1v) is 17.7. The van der Waals surface area contributed by atoms with E-state index in [4.69, 9.17) is 9.47 Å². The highest BCUT2D eigenvalue weighted by Gasteiger charge is 2.48. The fourth-order valence-electron chi connectivity index (χ4n) is 7.63. The molecule has 0 N–H and O–H groups in total. The Labute approximate surface area is 266 Å². The number of hydrogen-bond acceptors (Lipinski definition) is 7. The van der Waals surface area contributed by atoms with E-state index in [9.17, 15) is 13.2 Å². The van der Waals surface area contributed by atoms with E-state index in [0.29, 0.717) is 29.4 Å². The molecule has 3 aliphatic heterocycles. The smallest absolute Gasteiger partial charge is 0.231 e. The molecule has 1 saturated carbocycles. The average molecular weight is 630 g/mol. The van der Waals surface area contributed by atoms with Crippen LogP contribution in [0.15, 0.2) is 82.6 Å². The van der Waals surface area contributed by atoms with E-state index in [1.807, 2.05) is 18.2 Å². The van der Waals surface area contributed by atoms with E-state index >= 15 is 0 Å². The van der Waals surface area contributed by atoms with Crippen molar-refractivity contribution in [2.45, 2.75) is 73.4 Å². The van der Waals surface area contributed by atoms with Crippen LogP contribution in [0.4, 0.5) is 0 Å². The number of sulfone groups is 1. The first kappa shape index (κ1) is 30.3. The lowest BCUT2D eigenvalue weighted by Gasteiger charge is -2.52. The second-order valence-corrected chi connectivity index (χ2v) is 15.4. The highest BCUT2D eigenvalue weighted by atomic mass is 32.2. The van der Waals surface area contributed by atoms with Gasteiger partial charge in [-0.3, -0.25) is 14.6 Å². The lowest BCUT2D eigenvalue weighted by atomic mass is 9.86. The molecule has 9 heteroatoms. The minimum Gasteiger partial charge on any atom is -0.454 e. The SMILES string of the molecule is C[C@@H]1CN(C2(C)CCN(C(=O)C3CC3c3ccccc3)CC2)CCN1[C@@H](C)c1ccc(S(=O)(=O)c2ccc3c(c2)OCO3)cc1. The zero-order chi connectivity index (χ0) is 31.3. The molecule has 2 unspecified atom stereocenters. The summed E-state index contributed by atoms with van der Waals surface area (Å²) in [5.74, 6) is 1.90. The molecule has 0 aromatic heterocycles. The van der Waals surface area contributed by atoms with Crippen molar-refractivity contribution in [2.75, 3.05) is 39.5 Å². The van der Waals surface area contributed by atoms with E-state index in [2.05, 4.69) is 59.7 Å². The Morgan fingerprint density at radius 3 is 2.29 bits per heavy atom. The lowest BCUT2D eigenvalue weighted by molar-refractivity contribution is -0.135. The van der Waals surface area contributed by atoms with Crippen molar-refractivity contribution in [1.29, 1.82) is 0 Å². The topological polar surface area (TPSA) is 79.4 Å². The van der Waals surface area contributed by atoms with Gasteiger partial charge < -0.3 is 14.4 Å². The second kappa shape index (κ2) is 11.8. The summed E-state index contributed by atoms with van der Waals surface area (Å²) >= 11 is 0. The molecular weight excluding hydrogens is 586 g/mol. The van der Waals surface area contributed by atoms with Crippen molar-refractivity contribution < 1.29 is 22.7 Å². The van der Waals surface area contributed by atoms with Crippen molar-refractivity contribution in [3.8, 4) is 11.5 Å². The summed E-state index contributed by atoms with van der Waals surface area (Å²) < 4.78 is 37.3. The van der Waals surface area contributed by atoms with E-state index in [1.54, 1.807) is 24.3 Å². The van der Waals surface area contributed by atoms with Gasteiger partial charge in [-0.15, -0.1) is 0 Å². The maximum absolute atomic E-state index is 13.3. The minimum atomic E-state index is -3.67. The summed E-state index contributed by atoms with van der Waals surface area (Å²) in [6.45, 7) is 11.5. The van der Waals surface area contributed by atoms with Crippen LogP contribution in [-0.4, -0.2) is 80.1 Å². The van der Waals surface area contributed by atoms with Crippen molar-refractivity contribution in [3.63, 3.8) is 0 Å². The van der Waals surface area contributed by atoms with Crippen LogP contribution in [0.2, 0.25) is 0 Å². The Bertz CT molecular complexity index is 1650. The number of carbonyl (C=O) groups excluding carboxylic acids is 1. The van der Waals surface area contributed by atoms with Crippen LogP contribution < -0.4 is 9.47 Å².